The Morgan fingerprint density at radius 1 is 1.32 bits per heavy atom. The molecule has 0 atom stereocenters. The van der Waals surface area contributed by atoms with Gasteiger partial charge >= 0.3 is 5.97 Å². The van der Waals surface area contributed by atoms with Gasteiger partial charge in [-0.3, -0.25) is 9.10 Å². The van der Waals surface area contributed by atoms with Gasteiger partial charge in [-0.05, 0) is 60.7 Å². The molecule has 0 heterocycles. The number of carbonyl (C=O) groups is 1. The van der Waals surface area contributed by atoms with Crippen LogP contribution in [-0.2, 0) is 19.6 Å². The first kappa shape index (κ1) is 16.2. The van der Waals surface area contributed by atoms with Crippen LogP contribution in [0.2, 0.25) is 0 Å². The molecular formula is C12H16INO4S. The highest BCUT2D eigenvalue weighted by molar-refractivity contribution is 14.1. The van der Waals surface area contributed by atoms with E-state index < -0.39 is 16.0 Å². The number of carbonyl (C=O) groups excluding carboxylic acids is 1. The van der Waals surface area contributed by atoms with Gasteiger partial charge in [0.15, 0.2) is 0 Å². The second kappa shape index (κ2) is 6.56. The Morgan fingerprint density at radius 2 is 1.84 bits per heavy atom. The van der Waals surface area contributed by atoms with Gasteiger partial charge in [-0.1, -0.05) is 0 Å². The predicted molar refractivity (Wildman–Crippen MR) is 82.6 cm³/mol. The highest BCUT2D eigenvalue weighted by Gasteiger charge is 2.21. The van der Waals surface area contributed by atoms with E-state index in [9.17, 15) is 13.2 Å². The van der Waals surface area contributed by atoms with Crippen molar-refractivity contribution in [2.45, 2.75) is 20.0 Å². The van der Waals surface area contributed by atoms with Crippen LogP contribution in [0, 0.1) is 3.57 Å². The molecule has 0 aliphatic carbocycles. The van der Waals surface area contributed by atoms with Crippen molar-refractivity contribution in [2.24, 2.45) is 0 Å². The number of anilines is 1. The summed E-state index contributed by atoms with van der Waals surface area (Å²) in [4.78, 5) is 11.6. The monoisotopic (exact) mass is 397 g/mol. The van der Waals surface area contributed by atoms with Crippen molar-refractivity contribution < 1.29 is 17.9 Å². The molecule has 0 aliphatic rings. The van der Waals surface area contributed by atoms with Crippen LogP contribution in [0.3, 0.4) is 0 Å². The van der Waals surface area contributed by atoms with Gasteiger partial charge in [0.2, 0.25) is 10.0 Å². The zero-order valence-electron chi connectivity index (χ0n) is 11.0. The molecule has 0 N–H and O–H groups in total. The minimum atomic E-state index is -3.53. The maximum absolute atomic E-state index is 11.8. The smallest absolute Gasteiger partial charge is 0.327 e. The van der Waals surface area contributed by atoms with Crippen LogP contribution in [0.4, 0.5) is 5.69 Å². The van der Waals surface area contributed by atoms with E-state index in [1.807, 2.05) is 0 Å². The molecule has 0 radical (unpaired) electrons. The summed E-state index contributed by atoms with van der Waals surface area (Å²) >= 11 is 2.12. The molecule has 5 nitrogen and oxygen atoms in total. The highest BCUT2D eigenvalue weighted by atomic mass is 127. The average Bonchev–Trinajstić information content (AvgIpc) is 2.25. The number of rotatable bonds is 5. The minimum Gasteiger partial charge on any atom is -0.462 e. The van der Waals surface area contributed by atoms with Crippen molar-refractivity contribution in [3.8, 4) is 0 Å². The molecule has 7 heteroatoms. The lowest BCUT2D eigenvalue weighted by Crippen LogP contribution is -2.36. The quantitative estimate of drug-likeness (QED) is 0.564. The lowest BCUT2D eigenvalue weighted by atomic mass is 10.3. The van der Waals surface area contributed by atoms with Crippen LogP contribution in [0.25, 0.3) is 0 Å². The minimum absolute atomic E-state index is 0.273. The maximum atomic E-state index is 11.8. The Labute approximate surface area is 127 Å². The Hall–Kier alpha value is -0.830. The molecule has 0 bridgehead atoms. The summed E-state index contributed by atoms with van der Waals surface area (Å²) in [5, 5.41) is 0. The molecule has 1 aromatic rings. The summed E-state index contributed by atoms with van der Waals surface area (Å²) in [6, 6.07) is 6.88. The van der Waals surface area contributed by atoms with Crippen molar-refractivity contribution in [3.05, 3.63) is 27.8 Å². The van der Waals surface area contributed by atoms with E-state index in [-0.39, 0.29) is 12.6 Å². The molecule has 1 aromatic carbocycles. The van der Waals surface area contributed by atoms with Gasteiger partial charge < -0.3 is 4.74 Å². The van der Waals surface area contributed by atoms with Gasteiger partial charge in [-0.2, -0.15) is 0 Å². The number of nitrogens with zero attached hydrogens (tertiary/aromatic N) is 1. The molecule has 0 unspecified atom stereocenters. The van der Waals surface area contributed by atoms with Crippen LogP contribution in [0.15, 0.2) is 24.3 Å². The molecule has 0 aliphatic heterocycles. The van der Waals surface area contributed by atoms with E-state index in [4.69, 9.17) is 4.74 Å². The number of sulfonamides is 1. The highest BCUT2D eigenvalue weighted by Crippen LogP contribution is 2.19. The topological polar surface area (TPSA) is 63.7 Å². The molecule has 0 saturated heterocycles. The van der Waals surface area contributed by atoms with Crippen LogP contribution in [0.1, 0.15) is 13.8 Å². The number of benzene rings is 1. The lowest BCUT2D eigenvalue weighted by Gasteiger charge is -2.22. The van der Waals surface area contributed by atoms with Crippen LogP contribution in [-0.4, -0.2) is 33.3 Å². The van der Waals surface area contributed by atoms with Gasteiger partial charge in [0.05, 0.1) is 18.0 Å². The van der Waals surface area contributed by atoms with Gasteiger partial charge in [0, 0.05) is 3.57 Å². The summed E-state index contributed by atoms with van der Waals surface area (Å²) < 4.78 is 30.5. The third-order valence-electron chi connectivity index (χ3n) is 2.15. The maximum Gasteiger partial charge on any atom is 0.327 e. The molecule has 0 fully saturated rings. The van der Waals surface area contributed by atoms with E-state index in [2.05, 4.69) is 22.6 Å². The first-order chi connectivity index (χ1) is 8.70. The standard InChI is InChI=1S/C12H16INO4S/c1-9(2)18-12(15)8-14(19(3,16)17)11-6-4-10(13)5-7-11/h4-7,9H,8H2,1-3H3. The van der Waals surface area contributed by atoms with Crippen molar-refractivity contribution in [1.29, 1.82) is 0 Å². The van der Waals surface area contributed by atoms with Crippen molar-refractivity contribution in [3.63, 3.8) is 0 Å². The summed E-state index contributed by atoms with van der Waals surface area (Å²) in [5.74, 6) is -0.570. The Morgan fingerprint density at radius 3 is 2.26 bits per heavy atom. The summed E-state index contributed by atoms with van der Waals surface area (Å²) in [6.07, 6.45) is 0.791. The fourth-order valence-electron chi connectivity index (χ4n) is 1.42. The molecule has 19 heavy (non-hydrogen) atoms. The van der Waals surface area contributed by atoms with Crippen molar-refractivity contribution >= 4 is 44.3 Å². The zero-order chi connectivity index (χ0) is 14.6. The first-order valence-corrected chi connectivity index (χ1v) is 8.55. The second-order valence-corrected chi connectivity index (χ2v) is 7.44. The Bertz CT molecular complexity index is 539. The third-order valence-corrected chi connectivity index (χ3v) is 4.01. The van der Waals surface area contributed by atoms with E-state index >= 15 is 0 Å². The molecule has 0 aromatic heterocycles. The van der Waals surface area contributed by atoms with Crippen molar-refractivity contribution in [2.75, 3.05) is 17.1 Å². The average molecular weight is 397 g/mol. The molecule has 1 rings (SSSR count). The molecule has 0 spiro atoms. The van der Waals surface area contributed by atoms with Gasteiger partial charge in [-0.15, -0.1) is 0 Å². The van der Waals surface area contributed by atoms with Gasteiger partial charge in [-0.25, -0.2) is 8.42 Å². The molecule has 0 amide bonds. The summed E-state index contributed by atoms with van der Waals surface area (Å²) in [6.45, 7) is 3.11. The van der Waals surface area contributed by atoms with E-state index in [1.54, 1.807) is 38.1 Å². The summed E-state index contributed by atoms with van der Waals surface area (Å²) in [7, 11) is -3.53. The van der Waals surface area contributed by atoms with Crippen LogP contribution < -0.4 is 4.31 Å². The van der Waals surface area contributed by atoms with Crippen molar-refractivity contribution in [1.82, 2.24) is 0 Å². The number of ether oxygens (including phenoxy) is 1. The first-order valence-electron chi connectivity index (χ1n) is 5.63. The zero-order valence-corrected chi connectivity index (χ0v) is 13.9. The molecular weight excluding hydrogens is 381 g/mol. The number of esters is 1. The predicted octanol–water partition coefficient (Wildman–Crippen LogP) is 2.01. The Balaban J connectivity index is 2.97. The third kappa shape index (κ3) is 5.35. The SMILES string of the molecule is CC(C)OC(=O)CN(c1ccc(I)cc1)S(C)(=O)=O. The normalized spacial score (nSPS) is 11.4. The summed E-state index contributed by atoms with van der Waals surface area (Å²) in [5.41, 5.74) is 0.448. The van der Waals surface area contributed by atoms with Gasteiger partial charge in [0.1, 0.15) is 6.54 Å². The fraction of sp³-hybridized carbons (Fsp3) is 0.417. The van der Waals surface area contributed by atoms with E-state index in [1.165, 1.54) is 0 Å². The number of hydrogen-bond donors (Lipinski definition) is 0. The van der Waals surface area contributed by atoms with Crippen LogP contribution >= 0.6 is 22.6 Å². The second-order valence-electron chi connectivity index (χ2n) is 4.28. The van der Waals surface area contributed by atoms with E-state index in [0.29, 0.717) is 5.69 Å². The van der Waals surface area contributed by atoms with E-state index in [0.717, 1.165) is 14.1 Å². The van der Waals surface area contributed by atoms with Crippen LogP contribution in [0.5, 0.6) is 0 Å². The molecule has 106 valence electrons. The largest absolute Gasteiger partial charge is 0.462 e. The van der Waals surface area contributed by atoms with Gasteiger partial charge in [0.25, 0.3) is 0 Å². The number of hydrogen-bond acceptors (Lipinski definition) is 4. The lowest BCUT2D eigenvalue weighted by molar-refractivity contribution is -0.145. The molecule has 0 saturated carbocycles. The number of halogens is 1. The fourth-order valence-corrected chi connectivity index (χ4v) is 2.63. The Kier molecular flexibility index (Phi) is 5.60.